The summed E-state index contributed by atoms with van der Waals surface area (Å²) in [4.78, 5) is 2.55. The number of rotatable bonds is 6. The molecule has 4 rings (SSSR count). The van der Waals surface area contributed by atoms with Crippen LogP contribution in [0, 0.1) is 11.8 Å². The fourth-order valence-corrected chi connectivity index (χ4v) is 4.87. The molecule has 1 heterocycles. The van der Waals surface area contributed by atoms with E-state index >= 15 is 0 Å². The van der Waals surface area contributed by atoms with Gasteiger partial charge >= 0.3 is 0 Å². The van der Waals surface area contributed by atoms with Crippen molar-refractivity contribution < 1.29 is 14.7 Å². The Hall–Kier alpha value is -2.53. The molecule has 1 aliphatic heterocycles. The van der Waals surface area contributed by atoms with Crippen LogP contribution >= 0.6 is 0 Å². The van der Waals surface area contributed by atoms with E-state index in [2.05, 4.69) is 40.4 Å². The molecule has 0 amide bonds. The van der Waals surface area contributed by atoms with Gasteiger partial charge in [-0.25, -0.2) is 0 Å². The van der Waals surface area contributed by atoms with Crippen molar-refractivity contribution in [3.63, 3.8) is 0 Å². The van der Waals surface area contributed by atoms with Crippen molar-refractivity contribution in [1.82, 2.24) is 4.90 Å². The van der Waals surface area contributed by atoms with Crippen LogP contribution in [0.4, 0.5) is 0 Å². The van der Waals surface area contributed by atoms with Crippen LogP contribution in [-0.2, 0) is 13.0 Å². The Morgan fingerprint density at radius 1 is 1.03 bits per heavy atom. The average Bonchev–Trinajstić information content (AvgIpc) is 3.10. The van der Waals surface area contributed by atoms with Gasteiger partial charge in [-0.3, -0.25) is 4.90 Å². The average molecular weight is 395 g/mol. The van der Waals surface area contributed by atoms with E-state index < -0.39 is 0 Å². The normalized spacial score (nSPS) is 21.3. The topological polar surface area (TPSA) is 54.3 Å². The monoisotopic (exact) mass is 394 g/mol. The fraction of sp³-hybridized carbons (Fsp3) is 0.458. The van der Waals surface area contributed by atoms with Gasteiger partial charge in [0.05, 0.1) is 19.9 Å². The molecule has 2 aromatic rings. The van der Waals surface area contributed by atoms with Crippen LogP contribution in [0.5, 0.6) is 11.5 Å². The highest BCUT2D eigenvalue weighted by molar-refractivity contribution is 6.06. The highest BCUT2D eigenvalue weighted by atomic mass is 16.5. The van der Waals surface area contributed by atoms with Crippen molar-refractivity contribution in [2.45, 2.75) is 32.2 Å². The molecule has 2 aromatic carbocycles. The van der Waals surface area contributed by atoms with Crippen molar-refractivity contribution in [3.8, 4) is 11.5 Å². The molecule has 0 radical (unpaired) electrons. The lowest BCUT2D eigenvalue weighted by Gasteiger charge is -2.33. The number of methoxy groups -OCH3 is 2. The maximum absolute atomic E-state index is 9.72. The Morgan fingerprint density at radius 2 is 1.72 bits per heavy atom. The van der Waals surface area contributed by atoms with Crippen LogP contribution in [0.1, 0.15) is 36.0 Å². The largest absolute Gasteiger partial charge is 0.493 e. The molecule has 1 fully saturated rings. The molecule has 5 nitrogen and oxygen atoms in total. The highest BCUT2D eigenvalue weighted by Gasteiger charge is 2.33. The predicted octanol–water partition coefficient (Wildman–Crippen LogP) is 4.36. The molecule has 1 saturated heterocycles. The number of benzene rings is 2. The van der Waals surface area contributed by atoms with Crippen molar-refractivity contribution >= 4 is 5.71 Å². The summed E-state index contributed by atoms with van der Waals surface area (Å²) >= 11 is 0. The number of ether oxygens (including phenoxy) is 2. The lowest BCUT2D eigenvalue weighted by Crippen LogP contribution is -2.34. The fourth-order valence-electron chi connectivity index (χ4n) is 4.87. The van der Waals surface area contributed by atoms with E-state index in [0.29, 0.717) is 11.7 Å². The minimum absolute atomic E-state index is 0.262. The summed E-state index contributed by atoms with van der Waals surface area (Å²) < 4.78 is 10.9. The molecule has 0 saturated carbocycles. The zero-order chi connectivity index (χ0) is 20.2. The maximum Gasteiger partial charge on any atom is 0.161 e. The van der Waals surface area contributed by atoms with E-state index in [9.17, 15) is 5.21 Å². The van der Waals surface area contributed by atoms with E-state index in [1.807, 2.05) is 12.1 Å². The van der Waals surface area contributed by atoms with Gasteiger partial charge in [0.25, 0.3) is 0 Å². The first kappa shape index (κ1) is 19.8. The molecule has 154 valence electrons. The molecule has 0 bridgehead atoms. The van der Waals surface area contributed by atoms with Gasteiger partial charge in [-0.05, 0) is 68.0 Å². The molecular weight excluding hydrogens is 364 g/mol. The molecule has 1 atom stereocenters. The number of oxime groups is 1. The lowest BCUT2D eigenvalue weighted by molar-refractivity contribution is 0.166. The lowest BCUT2D eigenvalue weighted by atomic mass is 9.85. The van der Waals surface area contributed by atoms with E-state index in [1.165, 1.54) is 24.0 Å². The number of hydrogen-bond acceptors (Lipinski definition) is 5. The predicted molar refractivity (Wildman–Crippen MR) is 114 cm³/mol. The van der Waals surface area contributed by atoms with E-state index in [-0.39, 0.29) is 5.92 Å². The van der Waals surface area contributed by atoms with Gasteiger partial charge in [0.1, 0.15) is 0 Å². The van der Waals surface area contributed by atoms with Crippen LogP contribution in [0.2, 0.25) is 0 Å². The SMILES string of the molecule is COc1cc2c(cc1OC)/C(=N\O)C(CC1CCN(Cc3ccccc3)CC1)C2. The Kier molecular flexibility index (Phi) is 6.05. The number of nitrogens with zero attached hydrogens (tertiary/aromatic N) is 2. The first-order valence-corrected chi connectivity index (χ1v) is 10.4. The molecule has 0 spiro atoms. The zero-order valence-corrected chi connectivity index (χ0v) is 17.3. The molecule has 29 heavy (non-hydrogen) atoms. The molecule has 2 aliphatic rings. The van der Waals surface area contributed by atoms with Gasteiger partial charge in [0.2, 0.25) is 0 Å². The third-order valence-corrected chi connectivity index (χ3v) is 6.42. The van der Waals surface area contributed by atoms with Gasteiger partial charge < -0.3 is 14.7 Å². The second-order valence-electron chi connectivity index (χ2n) is 8.19. The van der Waals surface area contributed by atoms with Gasteiger partial charge in [-0.2, -0.15) is 0 Å². The molecule has 5 heteroatoms. The summed E-state index contributed by atoms with van der Waals surface area (Å²) in [5.74, 6) is 2.35. The molecule has 0 aromatic heterocycles. The summed E-state index contributed by atoms with van der Waals surface area (Å²) in [6, 6.07) is 14.7. The Balaban J connectivity index is 1.38. The number of piperidine rings is 1. The second kappa shape index (κ2) is 8.87. The third kappa shape index (κ3) is 4.25. The quantitative estimate of drug-likeness (QED) is 0.584. The Labute approximate surface area is 172 Å². The smallest absolute Gasteiger partial charge is 0.161 e. The van der Waals surface area contributed by atoms with Crippen molar-refractivity contribution in [2.75, 3.05) is 27.3 Å². The summed E-state index contributed by atoms with van der Waals surface area (Å²) in [6.45, 7) is 3.30. The second-order valence-corrected chi connectivity index (χ2v) is 8.19. The van der Waals surface area contributed by atoms with Gasteiger partial charge in [0.15, 0.2) is 11.5 Å². The molecule has 1 unspecified atom stereocenters. The summed E-state index contributed by atoms with van der Waals surface area (Å²) in [6.07, 6.45) is 4.37. The summed E-state index contributed by atoms with van der Waals surface area (Å²) in [7, 11) is 3.29. The maximum atomic E-state index is 9.72. The van der Waals surface area contributed by atoms with E-state index in [4.69, 9.17) is 9.47 Å². The van der Waals surface area contributed by atoms with Crippen molar-refractivity contribution in [2.24, 2.45) is 17.0 Å². The van der Waals surface area contributed by atoms with Gasteiger partial charge in [0, 0.05) is 18.0 Å². The van der Waals surface area contributed by atoms with Gasteiger partial charge in [-0.1, -0.05) is 35.5 Å². The van der Waals surface area contributed by atoms with Gasteiger partial charge in [-0.15, -0.1) is 0 Å². The summed E-state index contributed by atoms with van der Waals surface area (Å²) in [5, 5.41) is 13.4. The minimum Gasteiger partial charge on any atom is -0.493 e. The summed E-state index contributed by atoms with van der Waals surface area (Å²) in [5.41, 5.74) is 4.36. The first-order chi connectivity index (χ1) is 14.2. The number of likely N-dealkylation sites (tertiary alicyclic amines) is 1. The van der Waals surface area contributed by atoms with Crippen LogP contribution < -0.4 is 9.47 Å². The zero-order valence-electron chi connectivity index (χ0n) is 17.3. The number of fused-ring (bicyclic) bond motifs is 1. The number of hydrogen-bond donors (Lipinski definition) is 1. The molecule has 1 aliphatic carbocycles. The van der Waals surface area contributed by atoms with Crippen molar-refractivity contribution in [3.05, 3.63) is 59.2 Å². The van der Waals surface area contributed by atoms with Crippen LogP contribution in [0.25, 0.3) is 0 Å². The van der Waals surface area contributed by atoms with Crippen molar-refractivity contribution in [1.29, 1.82) is 0 Å². The minimum atomic E-state index is 0.262. The highest BCUT2D eigenvalue weighted by Crippen LogP contribution is 2.40. The Morgan fingerprint density at radius 3 is 2.38 bits per heavy atom. The molecular formula is C24H30N2O3. The van der Waals surface area contributed by atoms with Crippen LogP contribution in [0.3, 0.4) is 0 Å². The third-order valence-electron chi connectivity index (χ3n) is 6.42. The van der Waals surface area contributed by atoms with Crippen LogP contribution in [0.15, 0.2) is 47.6 Å². The standard InChI is InChI=1S/C24H30N2O3/c1-28-22-14-19-13-20(24(25-27)21(19)15-23(22)29-2)12-17-8-10-26(11-9-17)16-18-6-4-3-5-7-18/h3-7,14-15,17,20,27H,8-13,16H2,1-2H3/b25-24-. The molecule has 1 N–H and O–H groups in total. The van der Waals surface area contributed by atoms with E-state index in [1.54, 1.807) is 14.2 Å². The Bertz CT molecular complexity index is 858. The van der Waals surface area contributed by atoms with Crippen LogP contribution in [-0.4, -0.2) is 43.1 Å². The van der Waals surface area contributed by atoms with E-state index in [0.717, 1.165) is 49.5 Å². The first-order valence-electron chi connectivity index (χ1n) is 10.4.